The Bertz CT molecular complexity index is 1150. The van der Waals surface area contributed by atoms with Gasteiger partial charge in [0.25, 0.3) is 11.8 Å². The van der Waals surface area contributed by atoms with Crippen LogP contribution >= 0.6 is 0 Å². The average molecular weight is 472 g/mol. The second-order valence-electron chi connectivity index (χ2n) is 5.30. The third kappa shape index (κ3) is 6.97. The number of carbonyl (C=O) groups excluding carboxylic acids is 3. The van der Waals surface area contributed by atoms with Crippen molar-refractivity contribution < 1.29 is 27.4 Å². The van der Waals surface area contributed by atoms with E-state index < -0.39 is 39.9 Å². The minimum atomic E-state index is -4.31. The maximum atomic E-state index is 11.9. The number of primary amides is 1. The van der Waals surface area contributed by atoms with Crippen LogP contribution in [0.4, 0.5) is 16.2 Å². The summed E-state index contributed by atoms with van der Waals surface area (Å²) in [6.45, 7) is 0. The summed E-state index contributed by atoms with van der Waals surface area (Å²) in [5.74, 6) is -2.39. The number of benzene rings is 1. The molecule has 0 radical (unpaired) electrons. The zero-order chi connectivity index (χ0) is 24.6. The van der Waals surface area contributed by atoms with Crippen LogP contribution in [0.25, 0.3) is 10.4 Å². The number of nitrogens with two attached hydrogens (primary N) is 4. The van der Waals surface area contributed by atoms with Gasteiger partial charge < -0.3 is 28.3 Å². The van der Waals surface area contributed by atoms with E-state index >= 15 is 0 Å². The number of amidine groups is 1. The summed E-state index contributed by atoms with van der Waals surface area (Å²) in [6, 6.07) is 0.214. The van der Waals surface area contributed by atoms with Crippen molar-refractivity contribution in [2.75, 3.05) is 5.32 Å². The zero-order valence-corrected chi connectivity index (χ0v) is 16.4. The number of urea groups is 1. The van der Waals surface area contributed by atoms with Gasteiger partial charge in [-0.25, -0.2) is 9.79 Å². The summed E-state index contributed by atoms with van der Waals surface area (Å²) in [4.78, 5) is 42.0. The molecule has 20 nitrogen and oxygen atoms in total. The Morgan fingerprint density at radius 3 is 2.31 bits per heavy atom. The van der Waals surface area contributed by atoms with Crippen LogP contribution in [0.5, 0.6) is 0 Å². The largest absolute Gasteiger partial charge is 0.384 e. The van der Waals surface area contributed by atoms with Crippen LogP contribution in [-0.4, -0.2) is 42.6 Å². The lowest BCUT2D eigenvalue weighted by molar-refractivity contribution is 0.0879. The third-order valence-electron chi connectivity index (χ3n) is 3.10. The molecule has 32 heavy (non-hydrogen) atoms. The molecule has 21 heteroatoms. The number of rotatable bonds is 7. The van der Waals surface area contributed by atoms with Gasteiger partial charge in [0.2, 0.25) is 0 Å². The van der Waals surface area contributed by atoms with Gasteiger partial charge in [-0.2, -0.15) is 18.9 Å². The fourth-order valence-corrected chi connectivity index (χ4v) is 2.36. The molecule has 0 atom stereocenters. The summed E-state index contributed by atoms with van der Waals surface area (Å²) >= 11 is 0. The molecule has 2 rings (SSSR count). The Hall–Kier alpha value is -4.69. The summed E-state index contributed by atoms with van der Waals surface area (Å²) in [6.07, 6.45) is 0. The van der Waals surface area contributed by atoms with Gasteiger partial charge in [0, 0.05) is 0 Å². The maximum absolute atomic E-state index is 11.9. The maximum Gasteiger partial charge on any atom is 0.349 e. The first-order valence-corrected chi connectivity index (χ1v) is 9.08. The number of fused-ring (bicyclic) bond motifs is 1. The molecule has 0 unspecified atom stereocenters. The Kier molecular flexibility index (Phi) is 8.22. The summed E-state index contributed by atoms with van der Waals surface area (Å²) in [5.41, 5.74) is 31.5. The molecule has 1 aliphatic heterocycles. The van der Waals surface area contributed by atoms with Gasteiger partial charge in [0.15, 0.2) is 5.96 Å². The van der Waals surface area contributed by atoms with Crippen LogP contribution in [0.15, 0.2) is 16.3 Å². The van der Waals surface area contributed by atoms with Crippen LogP contribution in [0.3, 0.4) is 0 Å². The van der Waals surface area contributed by atoms with Crippen LogP contribution in [0.1, 0.15) is 26.3 Å². The van der Waals surface area contributed by atoms with Crippen LogP contribution in [0.2, 0.25) is 0 Å². The fraction of sp³-hybridized carbons (Fsp3) is 0. The first-order chi connectivity index (χ1) is 14.8. The highest BCUT2D eigenvalue weighted by Crippen LogP contribution is 2.36. The van der Waals surface area contributed by atoms with E-state index in [1.165, 1.54) is 10.9 Å². The van der Waals surface area contributed by atoms with E-state index in [1.807, 2.05) is 0 Å². The predicted molar refractivity (Wildman–Crippen MR) is 108 cm³/mol. The molecule has 1 aliphatic rings. The number of azide groups is 1. The van der Waals surface area contributed by atoms with E-state index in [1.54, 1.807) is 11.1 Å². The molecular weight excluding hydrogens is 456 g/mol. The van der Waals surface area contributed by atoms with Gasteiger partial charge in [-0.1, -0.05) is 10.4 Å². The minimum absolute atomic E-state index is 0.0661. The molecule has 1 aromatic carbocycles. The SMILES string of the molecule is N=C(N)c1c(NC(N)=O)cc2c(c1N=C(N)N)C(=O)NC2=O.[N-]=[N+]=NNNNS(=O)(=O)O. The lowest BCUT2D eigenvalue weighted by Crippen LogP contribution is -2.43. The number of nitrogen functional groups attached to an aromatic ring is 1. The Balaban J connectivity index is 0.000000433. The van der Waals surface area contributed by atoms with Crippen molar-refractivity contribution in [3.8, 4) is 0 Å². The molecular formula is C11H16N14O6S. The first kappa shape index (κ1) is 25.3. The van der Waals surface area contributed by atoms with Gasteiger partial charge in [0.05, 0.1) is 28.1 Å². The van der Waals surface area contributed by atoms with Crippen molar-refractivity contribution in [2.45, 2.75) is 0 Å². The number of hydrogen-bond donors (Lipinski definition) is 11. The van der Waals surface area contributed by atoms with Crippen molar-refractivity contribution in [1.29, 1.82) is 5.41 Å². The second-order valence-corrected chi connectivity index (χ2v) is 6.45. The van der Waals surface area contributed by atoms with Crippen molar-refractivity contribution in [2.24, 2.45) is 33.2 Å². The van der Waals surface area contributed by atoms with Gasteiger partial charge in [0.1, 0.15) is 5.84 Å². The first-order valence-electron chi connectivity index (χ1n) is 7.64. The van der Waals surface area contributed by atoms with E-state index in [4.69, 9.17) is 38.4 Å². The lowest BCUT2D eigenvalue weighted by Gasteiger charge is -2.14. The third-order valence-corrected chi connectivity index (χ3v) is 3.46. The van der Waals surface area contributed by atoms with Crippen LogP contribution < -0.4 is 49.5 Å². The number of aliphatic imine (C=N–C) groups is 1. The van der Waals surface area contributed by atoms with Gasteiger partial charge in [-0.15, -0.1) is 5.53 Å². The number of carbonyl (C=O) groups is 3. The standard InChI is InChI=1S/C11H12N8O3.H4N6O3S/c12-7(13)5-3(17-11(16)22)1-2-4(6(5)18-10(14)15)9(21)19-8(2)20;1-2-3-4-5-6-10(7,8)9/h1H,(H3,12,13)(H4,14,15,18)(H3,16,17,22)(H,19,20,21);4-6H,(H,7,8,9). The molecule has 0 saturated heterocycles. The predicted octanol–water partition coefficient (Wildman–Crippen LogP) is -3.14. The van der Waals surface area contributed by atoms with Crippen LogP contribution in [0, 0.1) is 5.41 Å². The molecule has 0 spiro atoms. The summed E-state index contributed by atoms with van der Waals surface area (Å²) in [7, 11) is -4.31. The molecule has 0 saturated carbocycles. The number of hydrazine groups is 2. The lowest BCUT2D eigenvalue weighted by atomic mass is 9.99. The van der Waals surface area contributed by atoms with Crippen LogP contribution in [-0.2, 0) is 10.3 Å². The molecule has 15 N–H and O–H groups in total. The number of imide groups is 1. The highest BCUT2D eigenvalue weighted by molar-refractivity contribution is 7.83. The monoisotopic (exact) mass is 472 g/mol. The molecule has 0 aromatic heterocycles. The zero-order valence-electron chi connectivity index (χ0n) is 15.6. The van der Waals surface area contributed by atoms with Gasteiger partial charge >= 0.3 is 16.3 Å². The van der Waals surface area contributed by atoms with Crippen molar-refractivity contribution in [3.63, 3.8) is 0 Å². The number of anilines is 1. The van der Waals surface area contributed by atoms with E-state index in [9.17, 15) is 22.8 Å². The minimum Gasteiger partial charge on any atom is -0.384 e. The summed E-state index contributed by atoms with van der Waals surface area (Å²) in [5, 5.41) is 14.5. The van der Waals surface area contributed by atoms with E-state index in [-0.39, 0.29) is 28.1 Å². The van der Waals surface area contributed by atoms with Crippen molar-refractivity contribution in [3.05, 3.63) is 33.2 Å². The fourth-order valence-electron chi connectivity index (χ4n) is 2.19. The highest BCUT2D eigenvalue weighted by atomic mass is 32.2. The second kappa shape index (κ2) is 10.4. The Labute approximate surface area is 177 Å². The van der Waals surface area contributed by atoms with E-state index in [0.29, 0.717) is 0 Å². The van der Waals surface area contributed by atoms with Crippen molar-refractivity contribution >= 4 is 51.3 Å². The number of nitrogens with one attached hydrogen (secondary N) is 6. The molecule has 0 aliphatic carbocycles. The topological polar surface area (TPSA) is 355 Å². The Morgan fingerprint density at radius 2 is 1.84 bits per heavy atom. The molecule has 0 fully saturated rings. The quantitative estimate of drug-likeness (QED) is 0.0216. The number of guanidine groups is 1. The molecule has 1 aromatic rings. The van der Waals surface area contributed by atoms with Crippen molar-refractivity contribution in [1.82, 2.24) is 21.2 Å². The molecule has 0 bridgehead atoms. The number of amides is 4. The van der Waals surface area contributed by atoms with Gasteiger partial charge in [-0.3, -0.25) is 24.9 Å². The normalized spacial score (nSPS) is 11.7. The highest BCUT2D eigenvalue weighted by Gasteiger charge is 2.34. The Morgan fingerprint density at radius 1 is 1.22 bits per heavy atom. The van der Waals surface area contributed by atoms with E-state index in [0.717, 1.165) is 0 Å². The average Bonchev–Trinajstić information content (AvgIpc) is 2.91. The molecule has 172 valence electrons. The molecule has 1 heterocycles. The summed E-state index contributed by atoms with van der Waals surface area (Å²) < 4.78 is 27.5. The smallest absolute Gasteiger partial charge is 0.349 e. The molecule has 4 amide bonds. The number of hydrogen-bond acceptors (Lipinski definition) is 9. The van der Waals surface area contributed by atoms with Gasteiger partial charge in [-0.05, 0) is 11.3 Å². The van der Waals surface area contributed by atoms with E-state index in [2.05, 4.69) is 25.8 Å². The number of nitrogens with zero attached hydrogens (tertiary/aromatic N) is 4.